The van der Waals surface area contributed by atoms with E-state index in [0.29, 0.717) is 22.9 Å². The molecule has 2 aromatic heterocycles. The lowest BCUT2D eigenvalue weighted by atomic mass is 10.2. The zero-order valence-electron chi connectivity index (χ0n) is 9.01. The van der Waals surface area contributed by atoms with Crippen molar-refractivity contribution in [2.24, 2.45) is 5.73 Å². The first kappa shape index (κ1) is 9.71. The minimum atomic E-state index is -0.487. The van der Waals surface area contributed by atoms with Gasteiger partial charge in [0.05, 0.1) is 18.8 Å². The molecule has 2 heterocycles. The number of oxazole rings is 1. The van der Waals surface area contributed by atoms with Crippen molar-refractivity contribution < 1.29 is 13.9 Å². The summed E-state index contributed by atoms with van der Waals surface area (Å²) in [7, 11) is 1.54. The largest absolute Gasteiger partial charge is 0.480 e. The Labute approximate surface area is 95.6 Å². The van der Waals surface area contributed by atoms with Crippen molar-refractivity contribution in [1.29, 1.82) is 0 Å². The molecule has 2 N–H and O–H groups in total. The molecule has 86 valence electrons. The number of nitrogens with zero attached hydrogens (tertiary/aromatic N) is 2. The Morgan fingerprint density at radius 2 is 2.35 bits per heavy atom. The lowest BCUT2D eigenvalue weighted by Crippen LogP contribution is -2.10. The zero-order chi connectivity index (χ0) is 12.0. The molecule has 0 bridgehead atoms. The molecule has 0 aliphatic carbocycles. The number of carbonyl (C=O) groups excluding carboxylic acids is 1. The van der Waals surface area contributed by atoms with E-state index in [4.69, 9.17) is 14.9 Å². The first-order chi connectivity index (χ1) is 8.19. The highest BCUT2D eigenvalue weighted by Crippen LogP contribution is 2.23. The van der Waals surface area contributed by atoms with Gasteiger partial charge in [0.15, 0.2) is 5.58 Å². The number of amides is 1. The second-order valence-electron chi connectivity index (χ2n) is 3.58. The summed E-state index contributed by atoms with van der Waals surface area (Å²) in [4.78, 5) is 15.1. The monoisotopic (exact) mass is 231 g/mol. The van der Waals surface area contributed by atoms with Crippen LogP contribution in [0.1, 0.15) is 10.4 Å². The smallest absolute Gasteiger partial charge is 0.310 e. The summed E-state index contributed by atoms with van der Waals surface area (Å²) < 4.78 is 12.2. The summed E-state index contributed by atoms with van der Waals surface area (Å²) in [6.07, 6.45) is 1.71. The third kappa shape index (κ3) is 1.34. The number of ether oxygens (including phenoxy) is 1. The molecule has 6 heteroatoms. The van der Waals surface area contributed by atoms with Gasteiger partial charge < -0.3 is 14.9 Å². The predicted octanol–water partition coefficient (Wildman–Crippen LogP) is 1.19. The molecule has 3 aromatic rings. The molecule has 6 nitrogen and oxygen atoms in total. The maximum atomic E-state index is 11.0. The Bertz CT molecular complexity index is 726. The Hall–Kier alpha value is -2.50. The molecule has 0 atom stereocenters. The predicted molar refractivity (Wildman–Crippen MR) is 60.0 cm³/mol. The highest BCUT2D eigenvalue weighted by molar-refractivity contribution is 5.96. The number of fused-ring (bicyclic) bond motifs is 3. The number of imidazole rings is 1. The van der Waals surface area contributed by atoms with Crippen LogP contribution >= 0.6 is 0 Å². The van der Waals surface area contributed by atoms with Crippen LogP contribution in [0.2, 0.25) is 0 Å². The number of methoxy groups -OCH3 is 1. The number of aromatic nitrogens is 2. The molecule has 0 spiro atoms. The van der Waals surface area contributed by atoms with Gasteiger partial charge in [-0.2, -0.15) is 4.98 Å². The Balaban J connectivity index is 2.30. The number of rotatable bonds is 2. The quantitative estimate of drug-likeness (QED) is 0.718. The molecular weight excluding hydrogens is 222 g/mol. The van der Waals surface area contributed by atoms with E-state index in [1.807, 2.05) is 0 Å². The second-order valence-corrected chi connectivity index (χ2v) is 3.58. The number of benzene rings is 1. The number of nitrogens with two attached hydrogens (primary N) is 1. The van der Waals surface area contributed by atoms with Crippen LogP contribution in [0.3, 0.4) is 0 Å². The minimum absolute atomic E-state index is 0.404. The molecule has 0 saturated heterocycles. The topological polar surface area (TPSA) is 82.8 Å². The molecule has 0 saturated carbocycles. The van der Waals surface area contributed by atoms with E-state index in [1.165, 1.54) is 7.11 Å². The van der Waals surface area contributed by atoms with E-state index >= 15 is 0 Å². The third-order valence-electron chi connectivity index (χ3n) is 2.57. The molecular formula is C11H9N3O3. The molecule has 3 rings (SSSR count). The molecule has 0 unspecified atom stereocenters. The number of hydrogen-bond acceptors (Lipinski definition) is 4. The zero-order valence-corrected chi connectivity index (χ0v) is 9.01. The standard InChI is InChI=1S/C11H9N3O3/c1-16-9-5-14-7-3-2-6(10(12)15)4-8(7)17-11(14)13-9/h2-5H,1H3,(H2,12,15). The van der Waals surface area contributed by atoms with Gasteiger partial charge in [0.2, 0.25) is 11.8 Å². The normalized spacial score (nSPS) is 11.1. The Morgan fingerprint density at radius 1 is 1.53 bits per heavy atom. The average Bonchev–Trinajstić information content (AvgIpc) is 2.84. The van der Waals surface area contributed by atoms with Crippen molar-refractivity contribution in [1.82, 2.24) is 9.38 Å². The Morgan fingerprint density at radius 3 is 3.06 bits per heavy atom. The van der Waals surface area contributed by atoms with Gasteiger partial charge in [-0.15, -0.1) is 0 Å². The molecule has 0 radical (unpaired) electrons. The summed E-state index contributed by atoms with van der Waals surface area (Å²) in [6, 6.07) is 5.00. The van der Waals surface area contributed by atoms with Crippen LogP contribution in [0.25, 0.3) is 16.9 Å². The fraction of sp³-hybridized carbons (Fsp3) is 0.0909. The molecule has 1 amide bonds. The van der Waals surface area contributed by atoms with Crippen LogP contribution in [-0.4, -0.2) is 22.4 Å². The highest BCUT2D eigenvalue weighted by Gasteiger charge is 2.12. The number of primary amides is 1. The van der Waals surface area contributed by atoms with Crippen LogP contribution < -0.4 is 10.5 Å². The van der Waals surface area contributed by atoms with Crippen molar-refractivity contribution in [3.63, 3.8) is 0 Å². The molecule has 0 fully saturated rings. The van der Waals surface area contributed by atoms with Crippen LogP contribution in [0.5, 0.6) is 5.88 Å². The van der Waals surface area contributed by atoms with Crippen molar-refractivity contribution in [2.45, 2.75) is 0 Å². The van der Waals surface area contributed by atoms with Crippen LogP contribution in [0, 0.1) is 0 Å². The van der Waals surface area contributed by atoms with E-state index < -0.39 is 5.91 Å². The molecule has 0 aliphatic rings. The number of carbonyl (C=O) groups is 1. The highest BCUT2D eigenvalue weighted by atomic mass is 16.5. The third-order valence-corrected chi connectivity index (χ3v) is 2.57. The van der Waals surface area contributed by atoms with E-state index in [2.05, 4.69) is 4.98 Å². The maximum Gasteiger partial charge on any atom is 0.310 e. The van der Waals surface area contributed by atoms with E-state index in [9.17, 15) is 4.79 Å². The lowest BCUT2D eigenvalue weighted by molar-refractivity contribution is 0.100. The minimum Gasteiger partial charge on any atom is -0.480 e. The fourth-order valence-corrected chi connectivity index (χ4v) is 1.73. The van der Waals surface area contributed by atoms with Gasteiger partial charge in [-0.1, -0.05) is 0 Å². The van der Waals surface area contributed by atoms with Crippen molar-refractivity contribution in [3.05, 3.63) is 30.0 Å². The average molecular weight is 231 g/mol. The summed E-state index contributed by atoms with van der Waals surface area (Å²) in [5.41, 5.74) is 6.97. The molecule has 0 aliphatic heterocycles. The molecule has 17 heavy (non-hydrogen) atoms. The van der Waals surface area contributed by atoms with E-state index in [-0.39, 0.29) is 0 Å². The summed E-state index contributed by atoms with van der Waals surface area (Å²) in [6.45, 7) is 0. The van der Waals surface area contributed by atoms with Crippen molar-refractivity contribution >= 4 is 22.9 Å². The van der Waals surface area contributed by atoms with Gasteiger partial charge in [0.25, 0.3) is 0 Å². The first-order valence-corrected chi connectivity index (χ1v) is 4.94. The first-order valence-electron chi connectivity index (χ1n) is 4.94. The maximum absolute atomic E-state index is 11.0. The second kappa shape index (κ2) is 3.24. The fourth-order valence-electron chi connectivity index (χ4n) is 1.73. The summed E-state index contributed by atoms with van der Waals surface area (Å²) in [5, 5.41) is 0. The Kier molecular flexibility index (Phi) is 1.85. The van der Waals surface area contributed by atoms with E-state index in [0.717, 1.165) is 5.52 Å². The van der Waals surface area contributed by atoms with Gasteiger partial charge in [0.1, 0.15) is 0 Å². The van der Waals surface area contributed by atoms with Crippen LogP contribution in [0.15, 0.2) is 28.8 Å². The summed E-state index contributed by atoms with van der Waals surface area (Å²) >= 11 is 0. The lowest BCUT2D eigenvalue weighted by Gasteiger charge is -1.94. The van der Waals surface area contributed by atoms with Crippen molar-refractivity contribution in [3.8, 4) is 5.88 Å². The molecule has 1 aromatic carbocycles. The summed E-state index contributed by atoms with van der Waals surface area (Å²) in [5.74, 6) is 0.404. The van der Waals surface area contributed by atoms with Gasteiger partial charge in [0, 0.05) is 5.56 Å². The SMILES string of the molecule is COc1cn2c(n1)oc1cc(C(N)=O)ccc12. The number of hydrogen-bond donors (Lipinski definition) is 1. The van der Waals surface area contributed by atoms with Gasteiger partial charge in [-0.25, -0.2) is 0 Å². The van der Waals surface area contributed by atoms with Crippen LogP contribution in [-0.2, 0) is 0 Å². The van der Waals surface area contributed by atoms with Gasteiger partial charge in [-0.05, 0) is 18.2 Å². The van der Waals surface area contributed by atoms with E-state index in [1.54, 1.807) is 28.8 Å². The van der Waals surface area contributed by atoms with Crippen LogP contribution in [0.4, 0.5) is 0 Å². The van der Waals surface area contributed by atoms with Gasteiger partial charge in [-0.3, -0.25) is 9.20 Å². The van der Waals surface area contributed by atoms with Gasteiger partial charge >= 0.3 is 5.84 Å². The van der Waals surface area contributed by atoms with Crippen molar-refractivity contribution in [2.75, 3.05) is 7.11 Å².